The van der Waals surface area contributed by atoms with Gasteiger partial charge in [0.1, 0.15) is 17.3 Å². The maximum atomic E-state index is 11.9. The Balaban J connectivity index is 1.90. The molecule has 0 aromatic carbocycles. The quantitative estimate of drug-likeness (QED) is 0.827. The van der Waals surface area contributed by atoms with Crippen molar-refractivity contribution >= 4 is 11.7 Å². The second-order valence-electron chi connectivity index (χ2n) is 4.07. The third-order valence-corrected chi connectivity index (χ3v) is 2.59. The molecule has 2 aromatic heterocycles. The lowest BCUT2D eigenvalue weighted by molar-refractivity contribution is 0.0941. The lowest BCUT2D eigenvalue weighted by atomic mass is 10.4. The van der Waals surface area contributed by atoms with Gasteiger partial charge in [0.15, 0.2) is 0 Å². The first-order chi connectivity index (χ1) is 9.72. The van der Waals surface area contributed by atoms with Gasteiger partial charge in [0.05, 0.1) is 25.1 Å². The summed E-state index contributed by atoms with van der Waals surface area (Å²) in [5.74, 6) is 1.61. The van der Waals surface area contributed by atoms with Gasteiger partial charge in [0.2, 0.25) is 5.89 Å². The van der Waals surface area contributed by atoms with Crippen molar-refractivity contribution in [1.82, 2.24) is 20.3 Å². The Labute approximate surface area is 116 Å². The molecule has 106 valence electrons. The smallest absolute Gasteiger partial charge is 0.271 e. The van der Waals surface area contributed by atoms with Crippen LogP contribution in [-0.2, 0) is 13.0 Å². The zero-order valence-electron chi connectivity index (χ0n) is 11.5. The predicted octanol–water partition coefficient (Wildman–Crippen LogP) is 1.39. The number of nitrogens with one attached hydrogen (secondary N) is 2. The molecule has 0 saturated heterocycles. The van der Waals surface area contributed by atoms with Crippen LogP contribution in [0.3, 0.4) is 0 Å². The Morgan fingerprint density at radius 1 is 1.20 bits per heavy atom. The van der Waals surface area contributed by atoms with Crippen molar-refractivity contribution in [2.45, 2.75) is 26.8 Å². The van der Waals surface area contributed by atoms with Crippen molar-refractivity contribution < 1.29 is 9.21 Å². The molecular weight excluding hydrogens is 258 g/mol. The normalized spacial score (nSPS) is 10.3. The highest BCUT2D eigenvalue weighted by atomic mass is 16.4. The lowest BCUT2D eigenvalue weighted by Crippen LogP contribution is -2.24. The van der Waals surface area contributed by atoms with Gasteiger partial charge in [0, 0.05) is 13.0 Å². The second-order valence-corrected chi connectivity index (χ2v) is 4.07. The van der Waals surface area contributed by atoms with E-state index in [1.54, 1.807) is 6.20 Å². The molecule has 0 spiro atoms. The minimum Gasteiger partial charge on any atom is -0.444 e. The molecule has 0 bridgehead atoms. The van der Waals surface area contributed by atoms with E-state index in [-0.39, 0.29) is 18.1 Å². The van der Waals surface area contributed by atoms with Gasteiger partial charge in [-0.3, -0.25) is 4.79 Å². The number of hydrogen-bond donors (Lipinski definition) is 2. The van der Waals surface area contributed by atoms with Crippen molar-refractivity contribution in [2.24, 2.45) is 0 Å². The third kappa shape index (κ3) is 3.53. The molecule has 2 N–H and O–H groups in total. The van der Waals surface area contributed by atoms with Crippen LogP contribution in [0.5, 0.6) is 0 Å². The first kappa shape index (κ1) is 14.0. The number of rotatable bonds is 6. The summed E-state index contributed by atoms with van der Waals surface area (Å²) in [6.07, 6.45) is 5.39. The summed E-state index contributed by atoms with van der Waals surface area (Å²) in [5.41, 5.74) is 0.258. The highest BCUT2D eigenvalue weighted by molar-refractivity contribution is 5.91. The van der Waals surface area contributed by atoms with E-state index in [4.69, 9.17) is 4.42 Å². The Hall–Kier alpha value is -2.44. The number of aryl methyl sites for hydroxylation is 1. The number of carbonyl (C=O) groups is 1. The number of amides is 1. The van der Waals surface area contributed by atoms with E-state index in [0.717, 1.165) is 18.7 Å². The molecule has 0 aliphatic rings. The first-order valence-electron chi connectivity index (χ1n) is 6.50. The highest BCUT2D eigenvalue weighted by Gasteiger charge is 2.09. The predicted molar refractivity (Wildman–Crippen MR) is 73.2 cm³/mol. The van der Waals surface area contributed by atoms with E-state index in [9.17, 15) is 4.79 Å². The second kappa shape index (κ2) is 6.65. The minimum absolute atomic E-state index is 0.232. The molecule has 2 rings (SSSR count). The number of nitrogens with zero attached hydrogens (tertiary/aromatic N) is 3. The molecule has 0 fully saturated rings. The average Bonchev–Trinajstić information content (AvgIpc) is 2.94. The summed E-state index contributed by atoms with van der Waals surface area (Å²) in [7, 11) is 0. The zero-order chi connectivity index (χ0) is 14.4. The summed E-state index contributed by atoms with van der Waals surface area (Å²) in [6, 6.07) is 0. The molecule has 0 saturated carbocycles. The van der Waals surface area contributed by atoms with Gasteiger partial charge in [0.25, 0.3) is 5.91 Å². The molecule has 20 heavy (non-hydrogen) atoms. The van der Waals surface area contributed by atoms with Crippen LogP contribution in [0.25, 0.3) is 0 Å². The number of hydrogen-bond acceptors (Lipinski definition) is 6. The first-order valence-corrected chi connectivity index (χ1v) is 6.50. The van der Waals surface area contributed by atoms with Crippen LogP contribution >= 0.6 is 0 Å². The third-order valence-electron chi connectivity index (χ3n) is 2.59. The SMILES string of the molecule is CCNc1cnc(C(=O)NCc2ncc(CC)o2)cn1. The van der Waals surface area contributed by atoms with Crippen molar-refractivity contribution in [3.63, 3.8) is 0 Å². The summed E-state index contributed by atoms with van der Waals surface area (Å²) < 4.78 is 5.40. The van der Waals surface area contributed by atoms with Crippen molar-refractivity contribution in [1.29, 1.82) is 0 Å². The van der Waals surface area contributed by atoms with Crippen molar-refractivity contribution in [3.05, 3.63) is 35.9 Å². The largest absolute Gasteiger partial charge is 0.444 e. The molecule has 0 radical (unpaired) electrons. The number of anilines is 1. The molecule has 1 amide bonds. The van der Waals surface area contributed by atoms with Gasteiger partial charge in [-0.1, -0.05) is 6.92 Å². The van der Waals surface area contributed by atoms with Crippen LogP contribution in [-0.4, -0.2) is 27.4 Å². The minimum atomic E-state index is -0.309. The number of aromatic nitrogens is 3. The molecule has 0 unspecified atom stereocenters. The van der Waals surface area contributed by atoms with Crippen LogP contribution in [0, 0.1) is 0 Å². The zero-order valence-corrected chi connectivity index (χ0v) is 11.5. The summed E-state index contributed by atoms with van der Waals surface area (Å²) in [4.78, 5) is 24.1. The molecule has 0 aliphatic carbocycles. The average molecular weight is 275 g/mol. The molecule has 2 aromatic rings. The molecular formula is C13H17N5O2. The standard InChI is InChI=1S/C13H17N5O2/c1-3-9-5-17-12(20-9)8-18-13(19)10-6-16-11(7-15-10)14-4-2/h5-7H,3-4,8H2,1-2H3,(H,14,16)(H,18,19). The van der Waals surface area contributed by atoms with Gasteiger partial charge in [-0.05, 0) is 6.92 Å². The summed E-state index contributed by atoms with van der Waals surface area (Å²) >= 11 is 0. The van der Waals surface area contributed by atoms with E-state index in [2.05, 4.69) is 25.6 Å². The number of carbonyl (C=O) groups excluding carboxylic acids is 1. The van der Waals surface area contributed by atoms with Crippen molar-refractivity contribution in [3.8, 4) is 0 Å². The Morgan fingerprint density at radius 3 is 2.65 bits per heavy atom. The monoisotopic (exact) mass is 275 g/mol. The van der Waals surface area contributed by atoms with Gasteiger partial charge < -0.3 is 15.1 Å². The maximum absolute atomic E-state index is 11.9. The van der Waals surface area contributed by atoms with Crippen LogP contribution in [0.1, 0.15) is 36.0 Å². The van der Waals surface area contributed by atoms with Crippen LogP contribution in [0.2, 0.25) is 0 Å². The van der Waals surface area contributed by atoms with Gasteiger partial charge >= 0.3 is 0 Å². The molecule has 2 heterocycles. The van der Waals surface area contributed by atoms with E-state index in [1.807, 2.05) is 13.8 Å². The fourth-order valence-electron chi connectivity index (χ4n) is 1.56. The fraction of sp³-hybridized carbons (Fsp3) is 0.385. The van der Waals surface area contributed by atoms with E-state index in [0.29, 0.717) is 11.7 Å². The molecule has 0 aliphatic heterocycles. The fourth-order valence-corrected chi connectivity index (χ4v) is 1.56. The van der Waals surface area contributed by atoms with E-state index in [1.165, 1.54) is 12.4 Å². The number of oxazole rings is 1. The molecule has 7 heteroatoms. The van der Waals surface area contributed by atoms with Crippen molar-refractivity contribution in [2.75, 3.05) is 11.9 Å². The van der Waals surface area contributed by atoms with Gasteiger partial charge in [-0.25, -0.2) is 15.0 Å². The molecule has 7 nitrogen and oxygen atoms in total. The topological polar surface area (TPSA) is 92.9 Å². The Morgan fingerprint density at radius 2 is 2.05 bits per heavy atom. The highest BCUT2D eigenvalue weighted by Crippen LogP contribution is 2.04. The summed E-state index contributed by atoms with van der Waals surface area (Å²) in [5, 5.41) is 5.70. The molecule has 0 atom stereocenters. The maximum Gasteiger partial charge on any atom is 0.271 e. The van der Waals surface area contributed by atoms with Gasteiger partial charge in [-0.2, -0.15) is 0 Å². The van der Waals surface area contributed by atoms with Crippen LogP contribution < -0.4 is 10.6 Å². The van der Waals surface area contributed by atoms with Gasteiger partial charge in [-0.15, -0.1) is 0 Å². The lowest BCUT2D eigenvalue weighted by Gasteiger charge is -2.04. The van der Waals surface area contributed by atoms with Crippen LogP contribution in [0.15, 0.2) is 23.0 Å². The Bertz CT molecular complexity index is 564. The van der Waals surface area contributed by atoms with E-state index >= 15 is 0 Å². The van der Waals surface area contributed by atoms with E-state index < -0.39 is 0 Å². The summed E-state index contributed by atoms with van der Waals surface area (Å²) in [6.45, 7) is 4.92. The van der Waals surface area contributed by atoms with Crippen LogP contribution in [0.4, 0.5) is 5.82 Å². The Kier molecular flexibility index (Phi) is 4.65.